The Balaban J connectivity index is 1.16. The van der Waals surface area contributed by atoms with E-state index in [2.05, 4.69) is 251 Å². The minimum absolute atomic E-state index is 1.06. The molecular formula is C58H39N3S. The van der Waals surface area contributed by atoms with Crippen LogP contribution in [-0.4, -0.2) is 4.57 Å². The highest BCUT2D eigenvalue weighted by Crippen LogP contribution is 2.48. The average Bonchev–Trinajstić information content (AvgIpc) is 3.89. The van der Waals surface area contributed by atoms with Gasteiger partial charge in [-0.25, -0.2) is 0 Å². The summed E-state index contributed by atoms with van der Waals surface area (Å²) in [5.41, 5.74) is 12.4. The summed E-state index contributed by atoms with van der Waals surface area (Å²) < 4.78 is 5.00. The van der Waals surface area contributed by atoms with Gasteiger partial charge in [0.1, 0.15) is 0 Å². The van der Waals surface area contributed by atoms with E-state index in [-0.39, 0.29) is 0 Å². The fourth-order valence-corrected chi connectivity index (χ4v) is 10.5. The van der Waals surface area contributed by atoms with Crippen molar-refractivity contribution in [3.05, 3.63) is 237 Å². The first kappa shape index (κ1) is 36.0. The van der Waals surface area contributed by atoms with Crippen LogP contribution in [-0.2, 0) is 0 Å². The zero-order chi connectivity index (χ0) is 41.0. The van der Waals surface area contributed by atoms with E-state index in [0.29, 0.717) is 0 Å². The van der Waals surface area contributed by atoms with Crippen LogP contribution in [0.1, 0.15) is 0 Å². The van der Waals surface area contributed by atoms with Crippen molar-refractivity contribution in [1.29, 1.82) is 0 Å². The van der Waals surface area contributed by atoms with Gasteiger partial charge in [-0.3, -0.25) is 0 Å². The van der Waals surface area contributed by atoms with Gasteiger partial charge in [-0.2, -0.15) is 0 Å². The Bertz CT molecular complexity index is 3540. The van der Waals surface area contributed by atoms with Crippen molar-refractivity contribution >= 4 is 98.2 Å². The number of thiophene rings is 1. The zero-order valence-electron chi connectivity index (χ0n) is 33.8. The van der Waals surface area contributed by atoms with Crippen molar-refractivity contribution in [1.82, 2.24) is 4.57 Å². The minimum Gasteiger partial charge on any atom is -0.310 e. The predicted octanol–water partition coefficient (Wildman–Crippen LogP) is 16.9. The Morgan fingerprint density at radius 2 is 0.903 bits per heavy atom. The van der Waals surface area contributed by atoms with E-state index in [0.717, 1.165) is 50.9 Å². The molecule has 62 heavy (non-hydrogen) atoms. The number of aromatic nitrogens is 1. The molecule has 0 bridgehead atoms. The van der Waals surface area contributed by atoms with Crippen molar-refractivity contribution < 1.29 is 0 Å². The van der Waals surface area contributed by atoms with Gasteiger partial charge in [-0.1, -0.05) is 152 Å². The number of fused-ring (bicyclic) bond motifs is 8. The number of para-hydroxylation sites is 4. The molecule has 2 aromatic heterocycles. The van der Waals surface area contributed by atoms with E-state index in [4.69, 9.17) is 0 Å². The van der Waals surface area contributed by atoms with E-state index >= 15 is 0 Å². The summed E-state index contributed by atoms with van der Waals surface area (Å²) in [4.78, 5) is 4.83. The third-order valence-corrected chi connectivity index (χ3v) is 13.3. The SMILES string of the molecule is c1ccc(N(c2ccccc2)c2cc(-c3ccc4c5ccc6ccccc6c5n(-c5ccccc5)c4c3)cc(N(c3ccccc3)c3cccc4c3sc3ccccc34)c2)cc1. The van der Waals surface area contributed by atoms with Gasteiger partial charge in [-0.05, 0) is 101 Å². The molecule has 0 radical (unpaired) electrons. The lowest BCUT2D eigenvalue weighted by atomic mass is 10.00. The van der Waals surface area contributed by atoms with Crippen molar-refractivity contribution in [2.75, 3.05) is 9.80 Å². The second-order valence-corrected chi connectivity index (χ2v) is 16.8. The van der Waals surface area contributed by atoms with Gasteiger partial charge >= 0.3 is 0 Å². The molecule has 10 aromatic carbocycles. The normalized spacial score (nSPS) is 11.5. The fraction of sp³-hybridized carbons (Fsp3) is 0. The highest BCUT2D eigenvalue weighted by Gasteiger charge is 2.23. The first-order valence-electron chi connectivity index (χ1n) is 21.1. The van der Waals surface area contributed by atoms with E-state index < -0.39 is 0 Å². The molecule has 4 heteroatoms. The van der Waals surface area contributed by atoms with E-state index in [9.17, 15) is 0 Å². The standard InChI is InChI=1S/C58H39N3S/c1-5-19-43(20-6-1)59(44-21-7-2-8-22-44)47-36-42(37-48(39-47)60(45-23-9-3-10-24-45)54-30-17-29-53-51-28-15-16-31-56(51)62-58(53)54)41-33-34-50-52-35-32-40-18-13-14-27-49(40)57(52)61(55(50)38-41)46-25-11-4-12-26-46/h1-39H. The highest BCUT2D eigenvalue weighted by molar-refractivity contribution is 7.26. The molecule has 3 nitrogen and oxygen atoms in total. The number of nitrogens with zero attached hydrogens (tertiary/aromatic N) is 3. The van der Waals surface area contributed by atoms with Crippen LogP contribution in [0.15, 0.2) is 237 Å². The minimum atomic E-state index is 1.06. The largest absolute Gasteiger partial charge is 0.310 e. The second kappa shape index (κ2) is 15.0. The lowest BCUT2D eigenvalue weighted by Gasteiger charge is -2.30. The number of hydrogen-bond acceptors (Lipinski definition) is 3. The Morgan fingerprint density at radius 3 is 1.61 bits per heavy atom. The third-order valence-electron chi connectivity index (χ3n) is 12.1. The van der Waals surface area contributed by atoms with E-state index in [1.807, 2.05) is 11.3 Å². The fourth-order valence-electron chi connectivity index (χ4n) is 9.34. The summed E-state index contributed by atoms with van der Waals surface area (Å²) in [6.07, 6.45) is 0. The monoisotopic (exact) mass is 809 g/mol. The van der Waals surface area contributed by atoms with Gasteiger partial charge < -0.3 is 14.4 Å². The Labute approximate surface area is 364 Å². The molecule has 12 rings (SSSR count). The van der Waals surface area contributed by atoms with Gasteiger partial charge in [0, 0.05) is 65.8 Å². The number of hydrogen-bond donors (Lipinski definition) is 0. The average molecular weight is 810 g/mol. The molecule has 0 aliphatic carbocycles. The van der Waals surface area contributed by atoms with Crippen molar-refractivity contribution in [3.63, 3.8) is 0 Å². The lowest BCUT2D eigenvalue weighted by Crippen LogP contribution is -2.13. The molecule has 12 aromatic rings. The van der Waals surface area contributed by atoms with Crippen molar-refractivity contribution in [2.45, 2.75) is 0 Å². The van der Waals surface area contributed by atoms with E-state index in [1.165, 1.54) is 52.8 Å². The van der Waals surface area contributed by atoms with E-state index in [1.54, 1.807) is 0 Å². The summed E-state index contributed by atoms with van der Waals surface area (Å²) in [6.45, 7) is 0. The van der Waals surface area contributed by atoms with Gasteiger partial charge in [0.2, 0.25) is 0 Å². The molecular weight excluding hydrogens is 771 g/mol. The first-order chi connectivity index (χ1) is 30.8. The highest BCUT2D eigenvalue weighted by atomic mass is 32.1. The molecule has 0 N–H and O–H groups in total. The van der Waals surface area contributed by atoms with Gasteiger partial charge in [0.05, 0.1) is 21.4 Å². The van der Waals surface area contributed by atoms with Crippen molar-refractivity contribution in [2.24, 2.45) is 0 Å². The molecule has 0 fully saturated rings. The van der Waals surface area contributed by atoms with Crippen LogP contribution in [0.5, 0.6) is 0 Å². The van der Waals surface area contributed by atoms with Gasteiger partial charge in [0.15, 0.2) is 0 Å². The quantitative estimate of drug-likeness (QED) is 0.151. The second-order valence-electron chi connectivity index (χ2n) is 15.8. The zero-order valence-corrected chi connectivity index (χ0v) is 34.6. The molecule has 0 spiro atoms. The predicted molar refractivity (Wildman–Crippen MR) is 266 cm³/mol. The number of benzene rings is 10. The van der Waals surface area contributed by atoms with Crippen LogP contribution in [0, 0.1) is 0 Å². The van der Waals surface area contributed by atoms with Crippen LogP contribution in [0.4, 0.5) is 34.1 Å². The summed E-state index contributed by atoms with van der Waals surface area (Å²) in [5.74, 6) is 0. The molecule has 0 saturated carbocycles. The molecule has 2 heterocycles. The Hall–Kier alpha value is -7.92. The van der Waals surface area contributed by atoms with Gasteiger partial charge in [0.25, 0.3) is 0 Å². The maximum absolute atomic E-state index is 2.46. The smallest absolute Gasteiger partial charge is 0.0640 e. The third kappa shape index (κ3) is 6.03. The first-order valence-corrected chi connectivity index (χ1v) is 21.9. The number of anilines is 6. The summed E-state index contributed by atoms with van der Waals surface area (Å²) >= 11 is 1.86. The van der Waals surface area contributed by atoms with Crippen LogP contribution in [0.25, 0.3) is 69.6 Å². The molecule has 0 aliphatic heterocycles. The number of rotatable bonds is 8. The summed E-state index contributed by atoms with van der Waals surface area (Å²) in [5, 5.41) is 7.50. The molecule has 0 atom stereocenters. The van der Waals surface area contributed by atoms with Crippen LogP contribution in [0.2, 0.25) is 0 Å². The van der Waals surface area contributed by atoms with Crippen LogP contribution in [0.3, 0.4) is 0 Å². The molecule has 0 amide bonds. The van der Waals surface area contributed by atoms with Gasteiger partial charge in [-0.15, -0.1) is 11.3 Å². The Morgan fingerprint density at radius 1 is 0.339 bits per heavy atom. The van der Waals surface area contributed by atoms with Crippen molar-refractivity contribution in [3.8, 4) is 16.8 Å². The van der Waals surface area contributed by atoms with Crippen LogP contribution < -0.4 is 9.80 Å². The maximum Gasteiger partial charge on any atom is 0.0640 e. The topological polar surface area (TPSA) is 11.4 Å². The maximum atomic E-state index is 2.46. The van der Waals surface area contributed by atoms with Crippen LogP contribution >= 0.6 is 11.3 Å². The summed E-state index contributed by atoms with van der Waals surface area (Å²) in [7, 11) is 0. The lowest BCUT2D eigenvalue weighted by molar-refractivity contribution is 1.19. The molecule has 0 aliphatic rings. The molecule has 0 saturated heterocycles. The molecule has 292 valence electrons. The summed E-state index contributed by atoms with van der Waals surface area (Å²) in [6, 6.07) is 86.0. The Kier molecular flexibility index (Phi) is 8.68. The molecule has 0 unspecified atom stereocenters.